The number of carbonyl (C=O) groups excluding carboxylic acids is 1. The molecule has 0 atom stereocenters. The van der Waals surface area contributed by atoms with E-state index in [0.29, 0.717) is 29.3 Å². The third kappa shape index (κ3) is 9.16. The Labute approximate surface area is 261 Å². The second-order valence-corrected chi connectivity index (χ2v) is 14.5. The number of aromatic nitrogens is 2. The zero-order valence-corrected chi connectivity index (χ0v) is 27.0. The number of imidazole rings is 1. The van der Waals surface area contributed by atoms with Gasteiger partial charge in [-0.2, -0.15) is 26.9 Å². The first-order chi connectivity index (χ1) is 20.6. The Hall–Kier alpha value is -2.72. The number of thioether (sulfide) groups is 1. The van der Waals surface area contributed by atoms with E-state index in [9.17, 15) is 40.0 Å². The molecule has 0 saturated carbocycles. The number of anilines is 1. The molecule has 1 aromatic rings. The number of amides is 1. The molecule has 2 N–H and O–H groups in total. The minimum Gasteiger partial charge on any atom is -0.356 e. The lowest BCUT2D eigenvalue weighted by Crippen LogP contribution is -2.36. The highest BCUT2D eigenvalue weighted by Gasteiger charge is 2.56. The third-order valence-corrected chi connectivity index (χ3v) is 10.8. The van der Waals surface area contributed by atoms with Crippen LogP contribution in [0.3, 0.4) is 0 Å². The van der Waals surface area contributed by atoms with Gasteiger partial charge in [0.05, 0.1) is 9.10 Å². The summed E-state index contributed by atoms with van der Waals surface area (Å²) in [5.41, 5.74) is 0.809. The Bertz CT molecular complexity index is 1550. The van der Waals surface area contributed by atoms with Crippen LogP contribution in [-0.4, -0.2) is 48.3 Å². The lowest BCUT2D eigenvalue weighted by molar-refractivity contribution is -0.284. The standard InChI is InChI=1S/C28H35F5N4O4S3/c1-4-5-6-9-22(38)34-16-14-20-10-12-21(13-11-20)44(40,41)36-24-23-25(43-19(3)18(2)37(23)26(39)35-24)42-17-8-7-15-27(29,30)28(31,32)33/h10-13H,4-9,14-17H2,1-3H3,(H,34,38)(H,35,36,39). The molecule has 2 aliphatic rings. The highest BCUT2D eigenvalue weighted by atomic mass is 32.2. The monoisotopic (exact) mass is 682 g/mol. The van der Waals surface area contributed by atoms with Crippen LogP contribution in [0.15, 0.2) is 38.2 Å². The molecule has 0 fully saturated rings. The Morgan fingerprint density at radius 2 is 1.73 bits per heavy atom. The molecule has 3 rings (SSSR count). The van der Waals surface area contributed by atoms with Crippen LogP contribution in [0.4, 0.5) is 27.8 Å². The number of hydrogen-bond donors (Lipinski definition) is 2. The first-order valence-electron chi connectivity index (χ1n) is 14.1. The quantitative estimate of drug-likeness (QED) is 0.0972. The van der Waals surface area contributed by atoms with Gasteiger partial charge in [0, 0.05) is 30.0 Å². The van der Waals surface area contributed by atoms with E-state index in [1.54, 1.807) is 26.0 Å². The van der Waals surface area contributed by atoms with Gasteiger partial charge in [0.2, 0.25) is 5.91 Å². The first-order valence-corrected chi connectivity index (χ1v) is 17.3. The summed E-state index contributed by atoms with van der Waals surface area (Å²) in [5.74, 6) is -4.85. The number of rotatable bonds is 16. The normalized spacial score (nSPS) is 12.5. The second-order valence-electron chi connectivity index (χ2n) is 10.3. The molecule has 244 valence electrons. The molecule has 0 radical (unpaired) electrons. The summed E-state index contributed by atoms with van der Waals surface area (Å²) in [4.78, 5) is 29.2. The highest BCUT2D eigenvalue weighted by Crippen LogP contribution is 2.41. The third-order valence-electron chi connectivity index (χ3n) is 6.87. The maximum Gasteiger partial charge on any atom is 0.453 e. The molecule has 0 saturated heterocycles. The summed E-state index contributed by atoms with van der Waals surface area (Å²) >= 11 is 2.36. The minimum absolute atomic E-state index is 0.0289. The maximum absolute atomic E-state index is 13.2. The van der Waals surface area contributed by atoms with Gasteiger partial charge in [-0.15, -0.1) is 23.1 Å². The number of sulfonamides is 1. The number of alkyl halides is 5. The number of carbonyl (C=O) groups is 1. The van der Waals surface area contributed by atoms with E-state index < -0.39 is 34.2 Å². The molecule has 0 spiro atoms. The molecule has 0 aromatic heterocycles. The lowest BCUT2D eigenvalue weighted by Gasteiger charge is -2.19. The number of hydrogen-bond acceptors (Lipinski definition) is 7. The van der Waals surface area contributed by atoms with Gasteiger partial charge in [0.25, 0.3) is 10.0 Å². The largest absolute Gasteiger partial charge is 0.453 e. The summed E-state index contributed by atoms with van der Waals surface area (Å²) in [6.45, 7) is 5.88. The second kappa shape index (κ2) is 15.0. The van der Waals surface area contributed by atoms with Crippen LogP contribution in [0.2, 0.25) is 0 Å². The van der Waals surface area contributed by atoms with Crippen LogP contribution < -0.4 is 15.7 Å². The summed E-state index contributed by atoms with van der Waals surface area (Å²) in [5, 5.41) is 2.85. The van der Waals surface area contributed by atoms with Crippen LogP contribution in [0.5, 0.6) is 0 Å². The summed E-state index contributed by atoms with van der Waals surface area (Å²) in [6.07, 6.45) is -3.48. The van der Waals surface area contributed by atoms with Crippen molar-refractivity contribution in [3.05, 3.63) is 50.9 Å². The molecular formula is C28H35F5N4O4S3. The van der Waals surface area contributed by atoms with E-state index in [1.165, 1.54) is 28.0 Å². The molecular weight excluding hydrogens is 648 g/mol. The van der Waals surface area contributed by atoms with Gasteiger partial charge in [0.1, 0.15) is 5.69 Å². The van der Waals surface area contributed by atoms with Crippen molar-refractivity contribution >= 4 is 44.8 Å². The summed E-state index contributed by atoms with van der Waals surface area (Å²) in [7, 11) is -4.18. The molecule has 0 bridgehead atoms. The van der Waals surface area contributed by atoms with E-state index in [0.717, 1.165) is 41.5 Å². The number of halogens is 5. The molecule has 1 aromatic carbocycles. The Balaban J connectivity index is 1.71. The molecule has 8 nitrogen and oxygen atoms in total. The van der Waals surface area contributed by atoms with Gasteiger partial charge in [-0.1, -0.05) is 31.9 Å². The van der Waals surface area contributed by atoms with Gasteiger partial charge < -0.3 is 5.32 Å². The van der Waals surface area contributed by atoms with Crippen molar-refractivity contribution in [3.63, 3.8) is 0 Å². The van der Waals surface area contributed by atoms with Crippen LogP contribution >= 0.6 is 23.1 Å². The van der Waals surface area contributed by atoms with Gasteiger partial charge in [0.15, 0.2) is 5.82 Å². The molecule has 2 heterocycles. The zero-order valence-electron chi connectivity index (χ0n) is 24.5. The van der Waals surface area contributed by atoms with Gasteiger partial charge in [-0.25, -0.2) is 13.2 Å². The van der Waals surface area contributed by atoms with E-state index in [-0.39, 0.29) is 40.9 Å². The maximum atomic E-state index is 13.2. The van der Waals surface area contributed by atoms with Crippen molar-refractivity contribution in [2.24, 2.45) is 0 Å². The number of nitrogens with one attached hydrogen (secondary N) is 2. The number of fused-ring (bicyclic) bond motifs is 1. The van der Waals surface area contributed by atoms with E-state index >= 15 is 0 Å². The SMILES string of the molecule is CCCCCC(=O)NCCc1ccc(S(=O)(=O)Nc2nc(=O)n3c(C)c(C)sc(SCCCCC(F)(F)C(F)(F)F)c2-3)cc1. The molecule has 0 unspecified atom stereocenters. The number of nitrogens with zero attached hydrogens (tertiary/aromatic N) is 2. The predicted octanol–water partition coefficient (Wildman–Crippen LogP) is 6.85. The van der Waals surface area contributed by atoms with Crippen LogP contribution in [0, 0.1) is 13.8 Å². The molecule has 2 aliphatic heterocycles. The fourth-order valence-corrected chi connectivity index (χ4v) is 7.76. The number of unbranched alkanes of at least 4 members (excludes halogenated alkanes) is 3. The predicted molar refractivity (Wildman–Crippen MR) is 162 cm³/mol. The minimum atomic E-state index is -5.61. The lowest BCUT2D eigenvalue weighted by atomic mass is 10.1. The van der Waals surface area contributed by atoms with Crippen LogP contribution in [0.25, 0.3) is 5.69 Å². The van der Waals surface area contributed by atoms with E-state index in [4.69, 9.17) is 0 Å². The summed E-state index contributed by atoms with van der Waals surface area (Å²) < 4.78 is 94.4. The number of benzene rings is 1. The topological polar surface area (TPSA) is 110 Å². The van der Waals surface area contributed by atoms with Crippen molar-refractivity contribution in [1.82, 2.24) is 14.9 Å². The van der Waals surface area contributed by atoms with Gasteiger partial charge >= 0.3 is 17.8 Å². The van der Waals surface area contributed by atoms with Crippen molar-refractivity contribution in [2.45, 2.75) is 93.3 Å². The van der Waals surface area contributed by atoms with Gasteiger partial charge in [-0.05, 0) is 63.0 Å². The Morgan fingerprint density at radius 3 is 2.36 bits per heavy atom. The molecule has 44 heavy (non-hydrogen) atoms. The fraction of sp³-hybridized carbons (Fsp3) is 0.536. The van der Waals surface area contributed by atoms with Crippen molar-refractivity contribution < 1.29 is 35.2 Å². The zero-order chi connectivity index (χ0) is 32.7. The Kier molecular flexibility index (Phi) is 12.2. The van der Waals surface area contributed by atoms with Gasteiger partial charge in [-0.3, -0.25) is 14.1 Å². The molecule has 16 heteroatoms. The summed E-state index contributed by atoms with van der Waals surface area (Å²) in [6, 6.07) is 6.06. The average Bonchev–Trinajstić information content (AvgIpc) is 3.26. The van der Waals surface area contributed by atoms with Crippen molar-refractivity contribution in [2.75, 3.05) is 17.0 Å². The fourth-order valence-electron chi connectivity index (χ4n) is 4.23. The van der Waals surface area contributed by atoms with E-state index in [2.05, 4.69) is 21.9 Å². The molecule has 0 aliphatic carbocycles. The Morgan fingerprint density at radius 1 is 1.05 bits per heavy atom. The smallest absolute Gasteiger partial charge is 0.356 e. The average molecular weight is 683 g/mol. The molecule has 1 amide bonds. The van der Waals surface area contributed by atoms with Crippen molar-refractivity contribution in [3.8, 4) is 5.69 Å². The highest BCUT2D eigenvalue weighted by molar-refractivity contribution is 8.01. The van der Waals surface area contributed by atoms with Crippen molar-refractivity contribution in [1.29, 1.82) is 0 Å². The van der Waals surface area contributed by atoms with E-state index in [1.807, 2.05) is 0 Å². The van der Waals surface area contributed by atoms with Crippen LogP contribution in [-0.2, 0) is 21.2 Å². The number of aryl methyl sites for hydroxylation is 1. The van der Waals surface area contributed by atoms with Crippen LogP contribution in [0.1, 0.15) is 68.0 Å². The first kappa shape index (κ1) is 35.8.